The Kier molecular flexibility index (Phi) is 4.27. The molecule has 2 aliphatic heterocycles. The highest BCUT2D eigenvalue weighted by Crippen LogP contribution is 2.36. The SMILES string of the molecule is Cc1ccc(B2OC(C)(C)C(C)(C)O2)cc1C(=O)N1CCC(O)C1. The van der Waals surface area contributed by atoms with E-state index in [2.05, 4.69) is 0 Å². The third kappa shape index (κ3) is 2.98. The largest absolute Gasteiger partial charge is 0.494 e. The van der Waals surface area contributed by atoms with Gasteiger partial charge in [0.05, 0.1) is 17.3 Å². The fourth-order valence-corrected chi connectivity index (χ4v) is 3.09. The number of carbonyl (C=O) groups excluding carboxylic acids is 1. The van der Waals surface area contributed by atoms with Crippen molar-refractivity contribution in [2.24, 2.45) is 0 Å². The molecule has 0 saturated carbocycles. The zero-order valence-electron chi connectivity index (χ0n) is 15.1. The number of hydrogen-bond donors (Lipinski definition) is 1. The molecule has 5 nitrogen and oxygen atoms in total. The number of β-amino-alcohol motifs (C(OH)–C–C–N with tert-alkyl or cyclic N) is 1. The summed E-state index contributed by atoms with van der Waals surface area (Å²) >= 11 is 0. The van der Waals surface area contributed by atoms with E-state index in [0.717, 1.165) is 11.0 Å². The average molecular weight is 331 g/mol. The van der Waals surface area contributed by atoms with Gasteiger partial charge < -0.3 is 19.3 Å². The molecule has 0 spiro atoms. The van der Waals surface area contributed by atoms with E-state index in [1.807, 2.05) is 52.8 Å². The minimum atomic E-state index is -0.480. The molecule has 2 heterocycles. The van der Waals surface area contributed by atoms with Crippen molar-refractivity contribution in [2.75, 3.05) is 13.1 Å². The number of aryl methyl sites for hydroxylation is 1. The van der Waals surface area contributed by atoms with Gasteiger partial charge in [-0.1, -0.05) is 12.1 Å². The van der Waals surface area contributed by atoms with E-state index < -0.39 is 24.4 Å². The summed E-state index contributed by atoms with van der Waals surface area (Å²) in [5.74, 6) is -0.0394. The molecule has 0 bridgehead atoms. The maximum Gasteiger partial charge on any atom is 0.494 e. The van der Waals surface area contributed by atoms with Crippen molar-refractivity contribution in [1.82, 2.24) is 4.90 Å². The van der Waals surface area contributed by atoms with Gasteiger partial charge in [-0.2, -0.15) is 0 Å². The van der Waals surface area contributed by atoms with Crippen LogP contribution in [-0.2, 0) is 9.31 Å². The second-order valence-electron chi connectivity index (χ2n) is 7.86. The van der Waals surface area contributed by atoms with Crippen molar-refractivity contribution in [3.63, 3.8) is 0 Å². The van der Waals surface area contributed by atoms with Crippen molar-refractivity contribution in [3.05, 3.63) is 29.3 Å². The topological polar surface area (TPSA) is 59.0 Å². The van der Waals surface area contributed by atoms with Crippen LogP contribution in [0.5, 0.6) is 0 Å². The van der Waals surface area contributed by atoms with Gasteiger partial charge in [-0.05, 0) is 58.1 Å². The molecule has 2 saturated heterocycles. The molecule has 0 aromatic heterocycles. The first-order valence-corrected chi connectivity index (χ1v) is 8.54. The number of nitrogens with zero attached hydrogens (tertiary/aromatic N) is 1. The molecule has 6 heteroatoms. The van der Waals surface area contributed by atoms with Crippen LogP contribution in [0.15, 0.2) is 18.2 Å². The third-order valence-electron chi connectivity index (χ3n) is 5.47. The smallest absolute Gasteiger partial charge is 0.399 e. The summed E-state index contributed by atoms with van der Waals surface area (Å²) in [7, 11) is -0.480. The zero-order chi connectivity index (χ0) is 17.7. The van der Waals surface area contributed by atoms with Crippen molar-refractivity contribution >= 4 is 18.5 Å². The summed E-state index contributed by atoms with van der Waals surface area (Å²) in [5.41, 5.74) is 1.60. The summed E-state index contributed by atoms with van der Waals surface area (Å²) in [6, 6.07) is 5.75. The number of benzene rings is 1. The van der Waals surface area contributed by atoms with Crippen molar-refractivity contribution in [2.45, 2.75) is 58.3 Å². The Bertz CT molecular complexity index is 642. The molecule has 24 heavy (non-hydrogen) atoms. The molecule has 1 aromatic rings. The van der Waals surface area contributed by atoms with E-state index in [-0.39, 0.29) is 5.91 Å². The molecule has 2 fully saturated rings. The molecule has 3 rings (SSSR count). The van der Waals surface area contributed by atoms with Gasteiger partial charge in [0, 0.05) is 18.7 Å². The first kappa shape index (κ1) is 17.5. The molecule has 1 amide bonds. The van der Waals surface area contributed by atoms with Gasteiger partial charge in [-0.25, -0.2) is 0 Å². The van der Waals surface area contributed by atoms with Gasteiger partial charge in [-0.3, -0.25) is 4.79 Å². The minimum Gasteiger partial charge on any atom is -0.399 e. The molecule has 2 aliphatic rings. The van der Waals surface area contributed by atoms with Gasteiger partial charge in [-0.15, -0.1) is 0 Å². The molecule has 0 aliphatic carbocycles. The van der Waals surface area contributed by atoms with Crippen LogP contribution in [0.1, 0.15) is 50.0 Å². The van der Waals surface area contributed by atoms with Gasteiger partial charge in [0.15, 0.2) is 0 Å². The van der Waals surface area contributed by atoms with Crippen LogP contribution in [0.25, 0.3) is 0 Å². The van der Waals surface area contributed by atoms with Gasteiger partial charge in [0.2, 0.25) is 0 Å². The van der Waals surface area contributed by atoms with Crippen molar-refractivity contribution in [3.8, 4) is 0 Å². The molecule has 1 N–H and O–H groups in total. The zero-order valence-corrected chi connectivity index (χ0v) is 15.1. The first-order chi connectivity index (χ1) is 11.1. The van der Waals surface area contributed by atoms with Gasteiger partial charge >= 0.3 is 7.12 Å². The van der Waals surface area contributed by atoms with Crippen molar-refractivity contribution < 1.29 is 19.2 Å². The van der Waals surface area contributed by atoms with E-state index in [1.165, 1.54) is 0 Å². The Hall–Kier alpha value is -1.37. The average Bonchev–Trinajstić information content (AvgIpc) is 3.00. The maximum atomic E-state index is 12.8. The lowest BCUT2D eigenvalue weighted by Gasteiger charge is -2.32. The van der Waals surface area contributed by atoms with E-state index in [9.17, 15) is 9.90 Å². The Morgan fingerprint density at radius 2 is 1.88 bits per heavy atom. The van der Waals surface area contributed by atoms with Crippen LogP contribution >= 0.6 is 0 Å². The Morgan fingerprint density at radius 1 is 1.25 bits per heavy atom. The Labute approximate surface area is 144 Å². The number of aliphatic hydroxyl groups is 1. The summed E-state index contributed by atoms with van der Waals surface area (Å²) in [6.45, 7) is 11.0. The second kappa shape index (κ2) is 5.86. The minimum absolute atomic E-state index is 0.0394. The lowest BCUT2D eigenvalue weighted by molar-refractivity contribution is 0.00578. The van der Waals surface area contributed by atoms with Crippen LogP contribution < -0.4 is 5.46 Å². The fraction of sp³-hybridized carbons (Fsp3) is 0.611. The highest BCUT2D eigenvalue weighted by atomic mass is 16.7. The third-order valence-corrected chi connectivity index (χ3v) is 5.47. The van der Waals surface area contributed by atoms with E-state index in [1.54, 1.807) is 4.90 Å². The molecule has 1 atom stereocenters. The molecule has 130 valence electrons. The predicted molar refractivity (Wildman–Crippen MR) is 93.4 cm³/mol. The van der Waals surface area contributed by atoms with Crippen LogP contribution in [0.4, 0.5) is 0 Å². The first-order valence-electron chi connectivity index (χ1n) is 8.54. The van der Waals surface area contributed by atoms with Crippen LogP contribution in [0.2, 0.25) is 0 Å². The molecular formula is C18H26BNO4. The predicted octanol–water partition coefficient (Wildman–Crippen LogP) is 1.50. The standard InChI is InChI=1S/C18H26BNO4/c1-12-6-7-13(19-23-17(2,3)18(4,5)24-19)10-15(12)16(22)20-9-8-14(21)11-20/h6-7,10,14,21H,8-9,11H2,1-5H3. The summed E-state index contributed by atoms with van der Waals surface area (Å²) in [6.07, 6.45) is 0.224. The highest BCUT2D eigenvalue weighted by Gasteiger charge is 2.51. The molecule has 0 radical (unpaired) electrons. The van der Waals surface area contributed by atoms with Gasteiger partial charge in [0.1, 0.15) is 0 Å². The Balaban J connectivity index is 1.86. The summed E-state index contributed by atoms with van der Waals surface area (Å²) in [4.78, 5) is 14.5. The number of hydrogen-bond acceptors (Lipinski definition) is 4. The van der Waals surface area contributed by atoms with Crippen molar-refractivity contribution in [1.29, 1.82) is 0 Å². The quantitative estimate of drug-likeness (QED) is 0.835. The number of rotatable bonds is 2. The lowest BCUT2D eigenvalue weighted by Crippen LogP contribution is -2.41. The molecule has 1 aromatic carbocycles. The monoisotopic (exact) mass is 331 g/mol. The molecule has 1 unspecified atom stereocenters. The van der Waals surface area contributed by atoms with Crippen LogP contribution in [0, 0.1) is 6.92 Å². The summed E-state index contributed by atoms with van der Waals surface area (Å²) in [5, 5.41) is 9.67. The fourth-order valence-electron chi connectivity index (χ4n) is 3.09. The number of likely N-dealkylation sites (tertiary alicyclic amines) is 1. The number of amides is 1. The lowest BCUT2D eigenvalue weighted by atomic mass is 9.77. The van der Waals surface area contributed by atoms with E-state index in [0.29, 0.717) is 25.1 Å². The number of aliphatic hydroxyl groups excluding tert-OH is 1. The van der Waals surface area contributed by atoms with Crippen LogP contribution in [-0.4, -0.2) is 53.4 Å². The van der Waals surface area contributed by atoms with E-state index in [4.69, 9.17) is 9.31 Å². The van der Waals surface area contributed by atoms with Gasteiger partial charge in [0.25, 0.3) is 5.91 Å². The summed E-state index contributed by atoms with van der Waals surface area (Å²) < 4.78 is 12.2. The number of carbonyl (C=O) groups is 1. The van der Waals surface area contributed by atoms with Crippen LogP contribution in [0.3, 0.4) is 0 Å². The molecular weight excluding hydrogens is 305 g/mol. The maximum absolute atomic E-state index is 12.8. The second-order valence-corrected chi connectivity index (χ2v) is 7.86. The van der Waals surface area contributed by atoms with E-state index >= 15 is 0 Å². The Morgan fingerprint density at radius 3 is 2.42 bits per heavy atom. The normalized spacial score (nSPS) is 25.3. The highest BCUT2D eigenvalue weighted by molar-refractivity contribution is 6.62.